The zero-order chi connectivity index (χ0) is 20.6. The maximum Gasteiger partial charge on any atom is 0.326 e. The first kappa shape index (κ1) is 19.2. The van der Waals surface area contributed by atoms with E-state index in [0.717, 1.165) is 5.69 Å². The first-order valence-electron chi connectivity index (χ1n) is 9.76. The van der Waals surface area contributed by atoms with Crippen LogP contribution < -0.4 is 0 Å². The number of amides is 2. The van der Waals surface area contributed by atoms with E-state index in [1.54, 1.807) is 12.5 Å². The largest absolute Gasteiger partial charge is 0.480 e. The predicted octanol–water partition coefficient (Wildman–Crippen LogP) is 1.80. The number of hydrogen-bond donors (Lipinski definition) is 1. The molecule has 0 bridgehead atoms. The molecule has 2 fully saturated rings. The highest BCUT2D eigenvalue weighted by Crippen LogP contribution is 2.43. The highest BCUT2D eigenvalue weighted by atomic mass is 16.4. The van der Waals surface area contributed by atoms with Gasteiger partial charge in [-0.15, -0.1) is 0 Å². The summed E-state index contributed by atoms with van der Waals surface area (Å²) in [6.45, 7) is 3.02. The number of hydrogen-bond acceptors (Lipinski definition) is 4. The zero-order valence-corrected chi connectivity index (χ0v) is 16.3. The Hall–Kier alpha value is -3.16. The lowest BCUT2D eigenvalue weighted by molar-refractivity contribution is -0.147. The van der Waals surface area contributed by atoms with Gasteiger partial charge in [-0.25, -0.2) is 9.78 Å². The Labute approximate surface area is 168 Å². The second-order valence-electron chi connectivity index (χ2n) is 8.01. The van der Waals surface area contributed by atoms with Crippen molar-refractivity contribution in [2.24, 2.45) is 5.41 Å². The van der Waals surface area contributed by atoms with Gasteiger partial charge in [0.05, 0.1) is 6.33 Å². The maximum absolute atomic E-state index is 12.9. The van der Waals surface area contributed by atoms with E-state index in [2.05, 4.69) is 4.98 Å². The Morgan fingerprint density at radius 1 is 1.14 bits per heavy atom. The summed E-state index contributed by atoms with van der Waals surface area (Å²) in [7, 11) is 0. The van der Waals surface area contributed by atoms with E-state index < -0.39 is 12.0 Å². The number of likely N-dealkylation sites (tertiary alicyclic amines) is 2. The summed E-state index contributed by atoms with van der Waals surface area (Å²) < 4.78 is 1.87. The van der Waals surface area contributed by atoms with Gasteiger partial charge in [0, 0.05) is 50.2 Å². The Balaban J connectivity index is 1.41. The molecule has 0 saturated carbocycles. The van der Waals surface area contributed by atoms with Crippen LogP contribution >= 0.6 is 0 Å². The average Bonchev–Trinajstić information content (AvgIpc) is 3.37. The molecule has 1 aromatic carbocycles. The van der Waals surface area contributed by atoms with Crippen molar-refractivity contribution in [2.75, 3.05) is 19.6 Å². The molecule has 1 unspecified atom stereocenters. The van der Waals surface area contributed by atoms with E-state index >= 15 is 0 Å². The molecule has 8 nitrogen and oxygen atoms in total. The van der Waals surface area contributed by atoms with Crippen molar-refractivity contribution in [1.29, 1.82) is 0 Å². The van der Waals surface area contributed by atoms with E-state index in [9.17, 15) is 19.5 Å². The van der Waals surface area contributed by atoms with Crippen molar-refractivity contribution >= 4 is 17.8 Å². The van der Waals surface area contributed by atoms with E-state index in [0.29, 0.717) is 44.5 Å². The maximum atomic E-state index is 12.9. The highest BCUT2D eigenvalue weighted by molar-refractivity contribution is 5.94. The van der Waals surface area contributed by atoms with Gasteiger partial charge in [-0.3, -0.25) is 9.59 Å². The van der Waals surface area contributed by atoms with Crippen molar-refractivity contribution in [3.05, 3.63) is 48.5 Å². The van der Waals surface area contributed by atoms with Gasteiger partial charge in [0.1, 0.15) is 6.04 Å². The normalized spacial score (nSPS) is 20.8. The lowest BCUT2D eigenvalue weighted by Gasteiger charge is -2.39. The Morgan fingerprint density at radius 2 is 1.83 bits per heavy atom. The summed E-state index contributed by atoms with van der Waals surface area (Å²) in [6.07, 6.45) is 7.13. The fourth-order valence-corrected chi connectivity index (χ4v) is 4.52. The molecule has 4 rings (SSSR count). The highest BCUT2D eigenvalue weighted by Gasteiger charge is 2.49. The molecule has 1 aromatic heterocycles. The van der Waals surface area contributed by atoms with E-state index in [1.165, 1.54) is 11.8 Å². The molecule has 2 aliphatic heterocycles. The molecule has 1 atom stereocenters. The Kier molecular flexibility index (Phi) is 4.86. The Morgan fingerprint density at radius 3 is 2.34 bits per heavy atom. The third kappa shape index (κ3) is 3.62. The molecule has 2 aliphatic rings. The van der Waals surface area contributed by atoms with Gasteiger partial charge in [-0.05, 0) is 48.9 Å². The van der Waals surface area contributed by atoms with Crippen LogP contribution in [0.2, 0.25) is 0 Å². The molecule has 0 radical (unpaired) electrons. The van der Waals surface area contributed by atoms with Gasteiger partial charge < -0.3 is 19.5 Å². The molecule has 2 amide bonds. The molecule has 0 aliphatic carbocycles. The van der Waals surface area contributed by atoms with E-state index in [-0.39, 0.29) is 17.2 Å². The second kappa shape index (κ2) is 7.35. The molecule has 2 aromatic rings. The second-order valence-corrected chi connectivity index (χ2v) is 8.01. The molecule has 152 valence electrons. The van der Waals surface area contributed by atoms with Crippen LogP contribution in [0.3, 0.4) is 0 Å². The summed E-state index contributed by atoms with van der Waals surface area (Å²) in [5, 5.41) is 9.46. The first-order valence-corrected chi connectivity index (χ1v) is 9.76. The number of carbonyl (C=O) groups excluding carboxylic acids is 2. The molecule has 1 spiro atoms. The third-order valence-electron chi connectivity index (χ3n) is 6.23. The van der Waals surface area contributed by atoms with Gasteiger partial charge in [0.15, 0.2) is 0 Å². The van der Waals surface area contributed by atoms with E-state index in [4.69, 9.17) is 0 Å². The quantitative estimate of drug-likeness (QED) is 0.854. The van der Waals surface area contributed by atoms with Crippen molar-refractivity contribution < 1.29 is 19.5 Å². The number of aliphatic carboxylic acids is 1. The minimum atomic E-state index is -0.950. The summed E-state index contributed by atoms with van der Waals surface area (Å²) in [5.74, 6) is -1.17. The SMILES string of the molecule is CC(=O)N1CC2(CCN(C(=O)c3ccc(-n4ccnc4)cc3)CC2)CC1C(=O)O. The summed E-state index contributed by atoms with van der Waals surface area (Å²) in [6, 6.07) is 6.65. The number of carboxylic acid groups (broad SMARTS) is 1. The number of carbonyl (C=O) groups is 3. The van der Waals surface area contributed by atoms with Crippen LogP contribution in [0.25, 0.3) is 5.69 Å². The lowest BCUT2D eigenvalue weighted by atomic mass is 9.76. The number of nitrogens with zero attached hydrogens (tertiary/aromatic N) is 4. The number of imidazole rings is 1. The molecular formula is C21H24N4O4. The van der Waals surface area contributed by atoms with Crippen LogP contribution in [-0.4, -0.2) is 67.9 Å². The standard InChI is InChI=1S/C21H24N4O4/c1-15(26)25-13-21(12-18(25)20(28)29)6-9-23(10-7-21)19(27)16-2-4-17(5-3-16)24-11-8-22-14-24/h2-5,8,11,14,18H,6-7,9-10,12-13H2,1H3,(H,28,29). The van der Waals surface area contributed by atoms with Gasteiger partial charge in [0.25, 0.3) is 5.91 Å². The molecule has 3 heterocycles. The average molecular weight is 396 g/mol. The zero-order valence-electron chi connectivity index (χ0n) is 16.3. The van der Waals surface area contributed by atoms with Gasteiger partial charge >= 0.3 is 5.97 Å². The fourth-order valence-electron chi connectivity index (χ4n) is 4.52. The minimum Gasteiger partial charge on any atom is -0.480 e. The fraction of sp³-hybridized carbons (Fsp3) is 0.429. The van der Waals surface area contributed by atoms with Crippen molar-refractivity contribution in [3.63, 3.8) is 0 Å². The van der Waals surface area contributed by atoms with E-state index in [1.807, 2.05) is 39.9 Å². The van der Waals surface area contributed by atoms with Crippen molar-refractivity contribution in [1.82, 2.24) is 19.4 Å². The molecular weight excluding hydrogens is 372 g/mol. The lowest BCUT2D eigenvalue weighted by Crippen LogP contribution is -2.44. The van der Waals surface area contributed by atoms with Gasteiger partial charge in [-0.2, -0.15) is 0 Å². The van der Waals surface area contributed by atoms with Gasteiger partial charge in [0.2, 0.25) is 5.91 Å². The monoisotopic (exact) mass is 396 g/mol. The predicted molar refractivity (Wildman–Crippen MR) is 105 cm³/mol. The van der Waals surface area contributed by atoms with Crippen LogP contribution in [0.1, 0.15) is 36.5 Å². The van der Waals surface area contributed by atoms with Crippen LogP contribution in [0.5, 0.6) is 0 Å². The van der Waals surface area contributed by atoms with Crippen molar-refractivity contribution in [3.8, 4) is 5.69 Å². The number of benzene rings is 1. The van der Waals surface area contributed by atoms with Crippen LogP contribution in [0, 0.1) is 5.41 Å². The van der Waals surface area contributed by atoms with Crippen molar-refractivity contribution in [2.45, 2.75) is 32.2 Å². The summed E-state index contributed by atoms with van der Waals surface area (Å²) in [4.78, 5) is 43.6. The topological polar surface area (TPSA) is 95.7 Å². The Bertz CT molecular complexity index is 891. The van der Waals surface area contributed by atoms with Crippen LogP contribution in [0.4, 0.5) is 0 Å². The summed E-state index contributed by atoms with van der Waals surface area (Å²) in [5.41, 5.74) is 1.35. The third-order valence-corrected chi connectivity index (χ3v) is 6.23. The minimum absolute atomic E-state index is 0.0202. The molecule has 29 heavy (non-hydrogen) atoms. The number of aromatic nitrogens is 2. The van der Waals surface area contributed by atoms with Crippen LogP contribution in [0.15, 0.2) is 43.0 Å². The number of rotatable bonds is 3. The molecule has 2 saturated heterocycles. The number of piperidine rings is 1. The number of carboxylic acids is 1. The first-order chi connectivity index (χ1) is 13.9. The smallest absolute Gasteiger partial charge is 0.326 e. The molecule has 8 heteroatoms. The molecule has 1 N–H and O–H groups in total. The van der Waals surface area contributed by atoms with Gasteiger partial charge in [-0.1, -0.05) is 0 Å². The summed E-state index contributed by atoms with van der Waals surface area (Å²) >= 11 is 0. The van der Waals surface area contributed by atoms with Crippen LogP contribution in [-0.2, 0) is 9.59 Å².